The van der Waals surface area contributed by atoms with Crippen molar-refractivity contribution in [3.63, 3.8) is 0 Å². The van der Waals surface area contributed by atoms with Gasteiger partial charge in [-0.2, -0.15) is 0 Å². The highest BCUT2D eigenvalue weighted by atomic mass is 16.5. The number of ether oxygens (including phenoxy) is 1. The second-order valence-electron chi connectivity index (χ2n) is 5.38. The van der Waals surface area contributed by atoms with Gasteiger partial charge in [0.25, 0.3) is 0 Å². The molecule has 1 heterocycles. The maximum atomic E-state index is 5.59. The van der Waals surface area contributed by atoms with Crippen LogP contribution in [0.4, 0.5) is 0 Å². The number of rotatable bonds is 8. The van der Waals surface area contributed by atoms with Gasteiger partial charge in [-0.05, 0) is 31.9 Å². The van der Waals surface area contributed by atoms with Crippen LogP contribution in [0, 0.1) is 0 Å². The van der Waals surface area contributed by atoms with Gasteiger partial charge >= 0.3 is 0 Å². The fraction of sp³-hybridized carbons (Fsp3) is 0.625. The molecule has 0 saturated carbocycles. The van der Waals surface area contributed by atoms with Crippen molar-refractivity contribution in [1.82, 2.24) is 10.2 Å². The van der Waals surface area contributed by atoms with Crippen LogP contribution in [0.5, 0.6) is 0 Å². The summed E-state index contributed by atoms with van der Waals surface area (Å²) in [5, 5.41) is 3.49. The quantitative estimate of drug-likeness (QED) is 0.725. The summed E-state index contributed by atoms with van der Waals surface area (Å²) in [6.45, 7) is 5.21. The van der Waals surface area contributed by atoms with E-state index in [1.54, 1.807) is 0 Å². The van der Waals surface area contributed by atoms with Crippen molar-refractivity contribution in [2.45, 2.75) is 25.4 Å². The summed E-state index contributed by atoms with van der Waals surface area (Å²) in [7, 11) is 2.19. The van der Waals surface area contributed by atoms with Crippen molar-refractivity contribution >= 4 is 0 Å². The average molecular weight is 262 g/mol. The molecule has 2 rings (SSSR count). The SMILES string of the molecule is CN(CCNCC1CCCO1)CCc1ccccc1. The smallest absolute Gasteiger partial charge is 0.0700 e. The topological polar surface area (TPSA) is 24.5 Å². The monoisotopic (exact) mass is 262 g/mol. The molecule has 0 radical (unpaired) electrons. The highest BCUT2D eigenvalue weighted by Crippen LogP contribution is 2.10. The molecule has 1 saturated heterocycles. The first kappa shape index (κ1) is 14.5. The van der Waals surface area contributed by atoms with E-state index in [2.05, 4.69) is 47.6 Å². The van der Waals surface area contributed by atoms with Crippen molar-refractivity contribution in [3.8, 4) is 0 Å². The van der Waals surface area contributed by atoms with Gasteiger partial charge in [-0.1, -0.05) is 30.3 Å². The fourth-order valence-corrected chi connectivity index (χ4v) is 2.41. The van der Waals surface area contributed by atoms with E-state index in [0.29, 0.717) is 6.10 Å². The van der Waals surface area contributed by atoms with Crippen molar-refractivity contribution in [2.75, 3.05) is 39.8 Å². The molecule has 0 spiro atoms. The molecular weight excluding hydrogens is 236 g/mol. The zero-order chi connectivity index (χ0) is 13.3. The largest absolute Gasteiger partial charge is 0.377 e. The van der Waals surface area contributed by atoms with Gasteiger partial charge < -0.3 is 15.0 Å². The Bertz CT molecular complexity index is 336. The van der Waals surface area contributed by atoms with E-state index in [9.17, 15) is 0 Å². The van der Waals surface area contributed by atoms with Crippen molar-refractivity contribution in [3.05, 3.63) is 35.9 Å². The molecule has 3 heteroatoms. The summed E-state index contributed by atoms with van der Waals surface area (Å²) in [5.41, 5.74) is 1.42. The molecule has 1 fully saturated rings. The molecule has 1 aromatic carbocycles. The van der Waals surface area contributed by atoms with E-state index in [-0.39, 0.29) is 0 Å². The summed E-state index contributed by atoms with van der Waals surface area (Å²) in [6, 6.07) is 10.7. The Morgan fingerprint density at radius 3 is 2.84 bits per heavy atom. The lowest BCUT2D eigenvalue weighted by Crippen LogP contribution is -2.34. The number of nitrogens with zero attached hydrogens (tertiary/aromatic N) is 1. The van der Waals surface area contributed by atoms with E-state index in [4.69, 9.17) is 4.74 Å². The predicted molar refractivity (Wildman–Crippen MR) is 79.5 cm³/mol. The van der Waals surface area contributed by atoms with Gasteiger partial charge in [0, 0.05) is 32.8 Å². The van der Waals surface area contributed by atoms with Gasteiger partial charge in [0.05, 0.1) is 6.10 Å². The van der Waals surface area contributed by atoms with Crippen LogP contribution in [0.25, 0.3) is 0 Å². The van der Waals surface area contributed by atoms with E-state index >= 15 is 0 Å². The second-order valence-corrected chi connectivity index (χ2v) is 5.38. The lowest BCUT2D eigenvalue weighted by atomic mass is 10.1. The first-order valence-electron chi connectivity index (χ1n) is 7.39. The van der Waals surface area contributed by atoms with Gasteiger partial charge in [-0.25, -0.2) is 0 Å². The third kappa shape index (κ3) is 5.72. The Morgan fingerprint density at radius 1 is 1.26 bits per heavy atom. The Morgan fingerprint density at radius 2 is 2.11 bits per heavy atom. The molecule has 1 unspecified atom stereocenters. The van der Waals surface area contributed by atoms with Crippen molar-refractivity contribution < 1.29 is 4.74 Å². The maximum Gasteiger partial charge on any atom is 0.0700 e. The fourth-order valence-electron chi connectivity index (χ4n) is 2.41. The predicted octanol–water partition coefficient (Wildman–Crippen LogP) is 1.93. The van der Waals surface area contributed by atoms with Crippen LogP contribution < -0.4 is 5.32 Å². The number of benzene rings is 1. The molecule has 0 amide bonds. The van der Waals surface area contributed by atoms with Crippen molar-refractivity contribution in [1.29, 1.82) is 0 Å². The summed E-state index contributed by atoms with van der Waals surface area (Å²) in [4.78, 5) is 2.38. The minimum Gasteiger partial charge on any atom is -0.377 e. The van der Waals surface area contributed by atoms with Crippen LogP contribution in [0.3, 0.4) is 0 Å². The van der Waals surface area contributed by atoms with Gasteiger partial charge in [-0.3, -0.25) is 0 Å². The van der Waals surface area contributed by atoms with Crippen LogP contribution in [0.2, 0.25) is 0 Å². The van der Waals surface area contributed by atoms with Gasteiger partial charge in [0.2, 0.25) is 0 Å². The van der Waals surface area contributed by atoms with Crippen LogP contribution in [0.15, 0.2) is 30.3 Å². The van der Waals surface area contributed by atoms with Crippen LogP contribution in [0.1, 0.15) is 18.4 Å². The molecule has 1 aliphatic rings. The Kier molecular flexibility index (Phi) is 6.34. The Balaban J connectivity index is 1.51. The van der Waals surface area contributed by atoms with Crippen LogP contribution in [-0.2, 0) is 11.2 Å². The van der Waals surface area contributed by atoms with Crippen LogP contribution >= 0.6 is 0 Å². The molecule has 1 aromatic rings. The van der Waals surface area contributed by atoms with Gasteiger partial charge in [0.1, 0.15) is 0 Å². The van der Waals surface area contributed by atoms with Gasteiger partial charge in [-0.15, -0.1) is 0 Å². The molecule has 106 valence electrons. The van der Waals surface area contributed by atoms with E-state index in [0.717, 1.165) is 39.2 Å². The molecule has 1 N–H and O–H groups in total. The number of likely N-dealkylation sites (N-methyl/N-ethyl adjacent to an activating group) is 1. The molecule has 1 aliphatic heterocycles. The molecule has 0 bridgehead atoms. The first-order chi connectivity index (χ1) is 9.34. The number of nitrogens with one attached hydrogen (secondary N) is 1. The van der Waals surface area contributed by atoms with Crippen molar-refractivity contribution in [2.24, 2.45) is 0 Å². The Labute approximate surface area is 116 Å². The average Bonchev–Trinajstić information content (AvgIpc) is 2.96. The lowest BCUT2D eigenvalue weighted by molar-refractivity contribution is 0.109. The first-order valence-corrected chi connectivity index (χ1v) is 7.39. The Hall–Kier alpha value is -0.900. The highest BCUT2D eigenvalue weighted by Gasteiger charge is 2.14. The number of hydrogen-bond donors (Lipinski definition) is 1. The maximum absolute atomic E-state index is 5.59. The molecule has 0 aromatic heterocycles. The molecule has 19 heavy (non-hydrogen) atoms. The molecule has 3 nitrogen and oxygen atoms in total. The minimum atomic E-state index is 0.453. The summed E-state index contributed by atoms with van der Waals surface area (Å²) < 4.78 is 5.59. The minimum absolute atomic E-state index is 0.453. The zero-order valence-electron chi connectivity index (χ0n) is 12.0. The van der Waals surface area contributed by atoms with E-state index in [1.807, 2.05) is 0 Å². The third-order valence-electron chi connectivity index (χ3n) is 3.69. The molecule has 0 aliphatic carbocycles. The van der Waals surface area contributed by atoms with E-state index < -0.39 is 0 Å². The summed E-state index contributed by atoms with van der Waals surface area (Å²) in [6.07, 6.45) is 4.03. The summed E-state index contributed by atoms with van der Waals surface area (Å²) in [5.74, 6) is 0. The summed E-state index contributed by atoms with van der Waals surface area (Å²) >= 11 is 0. The molecular formula is C16H26N2O. The number of hydrogen-bond acceptors (Lipinski definition) is 3. The zero-order valence-corrected chi connectivity index (χ0v) is 12.0. The molecule has 1 atom stereocenters. The second kappa shape index (κ2) is 8.31. The van der Waals surface area contributed by atoms with E-state index in [1.165, 1.54) is 18.4 Å². The van der Waals surface area contributed by atoms with Crippen LogP contribution in [-0.4, -0.2) is 50.8 Å². The van der Waals surface area contributed by atoms with Gasteiger partial charge in [0.15, 0.2) is 0 Å². The lowest BCUT2D eigenvalue weighted by Gasteiger charge is -2.18. The highest BCUT2D eigenvalue weighted by molar-refractivity contribution is 5.14. The third-order valence-corrected chi connectivity index (χ3v) is 3.69. The standard InChI is InChI=1S/C16H26N2O/c1-18(11-9-15-6-3-2-4-7-15)12-10-17-14-16-8-5-13-19-16/h2-4,6-7,16-17H,5,8-14H2,1H3. The normalized spacial score (nSPS) is 19.2.